The van der Waals surface area contributed by atoms with Gasteiger partial charge >= 0.3 is 12.1 Å². The van der Waals surface area contributed by atoms with Crippen molar-refractivity contribution < 1.29 is 19.4 Å². The van der Waals surface area contributed by atoms with Gasteiger partial charge in [0.05, 0.1) is 12.6 Å². The Morgan fingerprint density at radius 2 is 1.71 bits per heavy atom. The van der Waals surface area contributed by atoms with Crippen LogP contribution < -0.4 is 15.1 Å². The summed E-state index contributed by atoms with van der Waals surface area (Å²) in [6.45, 7) is 4.65. The third-order valence-electron chi connectivity index (χ3n) is 5.55. The van der Waals surface area contributed by atoms with Crippen LogP contribution in [0.4, 0.5) is 22.2 Å². The van der Waals surface area contributed by atoms with Gasteiger partial charge in [0.25, 0.3) is 0 Å². The smallest absolute Gasteiger partial charge is 0.413 e. The molecular formula is C24H26N6O4. The molecule has 2 heterocycles. The van der Waals surface area contributed by atoms with Crippen molar-refractivity contribution in [2.45, 2.75) is 19.4 Å². The van der Waals surface area contributed by atoms with E-state index in [0.29, 0.717) is 19.0 Å². The van der Waals surface area contributed by atoms with Crippen molar-refractivity contribution in [3.63, 3.8) is 0 Å². The Labute approximate surface area is 197 Å². The molecule has 2 aromatic carbocycles. The first-order valence-corrected chi connectivity index (χ1v) is 11.0. The molecule has 176 valence electrons. The van der Waals surface area contributed by atoms with Crippen molar-refractivity contribution >= 4 is 29.5 Å². The van der Waals surface area contributed by atoms with Crippen LogP contribution in [0.25, 0.3) is 0 Å². The highest BCUT2D eigenvalue weighted by atomic mass is 16.6. The second kappa shape index (κ2) is 10.6. The average molecular weight is 463 g/mol. The summed E-state index contributed by atoms with van der Waals surface area (Å²) in [4.78, 5) is 31.8. The number of aliphatic carboxylic acids is 1. The van der Waals surface area contributed by atoms with Crippen molar-refractivity contribution in [3.05, 3.63) is 71.9 Å². The predicted molar refractivity (Wildman–Crippen MR) is 127 cm³/mol. The van der Waals surface area contributed by atoms with Crippen molar-refractivity contribution in [2.24, 2.45) is 0 Å². The van der Waals surface area contributed by atoms with E-state index in [2.05, 4.69) is 25.4 Å². The molecule has 1 aliphatic heterocycles. The van der Waals surface area contributed by atoms with E-state index >= 15 is 0 Å². The average Bonchev–Trinajstić information content (AvgIpc) is 2.85. The van der Waals surface area contributed by atoms with E-state index in [-0.39, 0.29) is 12.2 Å². The molecule has 0 saturated carbocycles. The zero-order valence-corrected chi connectivity index (χ0v) is 18.8. The lowest BCUT2D eigenvalue weighted by Crippen LogP contribution is -2.47. The number of amides is 1. The van der Waals surface area contributed by atoms with E-state index in [4.69, 9.17) is 9.84 Å². The Kier molecular flexibility index (Phi) is 7.16. The van der Waals surface area contributed by atoms with Crippen LogP contribution in [0.1, 0.15) is 24.2 Å². The van der Waals surface area contributed by atoms with Crippen LogP contribution in [0.2, 0.25) is 0 Å². The number of benzene rings is 2. The molecule has 10 nitrogen and oxygen atoms in total. The molecule has 0 aliphatic carbocycles. The molecule has 1 amide bonds. The highest BCUT2D eigenvalue weighted by molar-refractivity contribution is 5.83. The largest absolute Gasteiger partial charge is 0.481 e. The SMILES string of the molecule is CC(OC(=O)Nc1cnnc(N2CCN(c3ccc(CC(=O)O)cc3)CC2)n1)c1ccccc1. The maximum atomic E-state index is 12.3. The minimum Gasteiger partial charge on any atom is -0.481 e. The standard InChI is InChI=1S/C24H26N6O4/c1-17(19-5-3-2-4-6-19)34-24(33)27-21-16-25-28-23(26-21)30-13-11-29(12-14-30)20-9-7-18(8-10-20)15-22(31)32/h2-10,16-17H,11-15H2,1H3,(H,31,32)(H,26,27,28,33). The number of nitrogens with zero attached hydrogens (tertiary/aromatic N) is 5. The minimum absolute atomic E-state index is 0.0154. The number of carbonyl (C=O) groups is 2. The first-order chi connectivity index (χ1) is 16.5. The lowest BCUT2D eigenvalue weighted by molar-refractivity contribution is -0.136. The summed E-state index contributed by atoms with van der Waals surface area (Å²) in [6, 6.07) is 17.0. The topological polar surface area (TPSA) is 121 Å². The number of hydrogen-bond donors (Lipinski definition) is 2. The van der Waals surface area contributed by atoms with Gasteiger partial charge in [-0.2, -0.15) is 10.1 Å². The molecule has 0 bridgehead atoms. The summed E-state index contributed by atoms with van der Waals surface area (Å²) in [6.07, 6.45) is 0.384. The Balaban J connectivity index is 1.31. The lowest BCUT2D eigenvalue weighted by atomic mass is 10.1. The molecular weight excluding hydrogens is 436 g/mol. The van der Waals surface area contributed by atoms with Gasteiger partial charge in [-0.25, -0.2) is 4.79 Å². The number of rotatable bonds is 7. The molecule has 1 aromatic heterocycles. The number of piperazine rings is 1. The third kappa shape index (κ3) is 5.97. The zero-order valence-electron chi connectivity index (χ0n) is 18.8. The second-order valence-electron chi connectivity index (χ2n) is 7.94. The number of ether oxygens (including phenoxy) is 1. The Morgan fingerprint density at radius 1 is 1.03 bits per heavy atom. The molecule has 34 heavy (non-hydrogen) atoms. The van der Waals surface area contributed by atoms with E-state index in [1.54, 1.807) is 6.92 Å². The molecule has 1 atom stereocenters. The van der Waals surface area contributed by atoms with Gasteiger partial charge in [-0.05, 0) is 30.2 Å². The predicted octanol–water partition coefficient (Wildman–Crippen LogP) is 3.14. The molecule has 10 heteroatoms. The van der Waals surface area contributed by atoms with E-state index in [0.717, 1.165) is 29.9 Å². The van der Waals surface area contributed by atoms with Gasteiger partial charge in [0.2, 0.25) is 5.95 Å². The fourth-order valence-corrected chi connectivity index (χ4v) is 3.74. The summed E-state index contributed by atoms with van der Waals surface area (Å²) in [5, 5.41) is 19.6. The van der Waals surface area contributed by atoms with Crippen LogP contribution in [0, 0.1) is 0 Å². The van der Waals surface area contributed by atoms with Gasteiger partial charge in [-0.3, -0.25) is 10.1 Å². The minimum atomic E-state index is -0.842. The van der Waals surface area contributed by atoms with Crippen molar-refractivity contribution in [3.8, 4) is 0 Å². The highest BCUT2D eigenvalue weighted by Gasteiger charge is 2.21. The maximum Gasteiger partial charge on any atom is 0.413 e. The zero-order chi connectivity index (χ0) is 23.9. The summed E-state index contributed by atoms with van der Waals surface area (Å²) >= 11 is 0. The Hall–Kier alpha value is -4.21. The van der Waals surface area contributed by atoms with Gasteiger partial charge in [0.15, 0.2) is 5.82 Å². The van der Waals surface area contributed by atoms with E-state index in [9.17, 15) is 9.59 Å². The van der Waals surface area contributed by atoms with Gasteiger partial charge in [0, 0.05) is 31.9 Å². The maximum absolute atomic E-state index is 12.3. The number of carboxylic acid groups (broad SMARTS) is 1. The number of nitrogens with one attached hydrogen (secondary N) is 1. The van der Waals surface area contributed by atoms with Gasteiger partial charge in [-0.1, -0.05) is 42.5 Å². The Morgan fingerprint density at radius 3 is 2.38 bits per heavy atom. The van der Waals surface area contributed by atoms with Crippen molar-refractivity contribution in [1.29, 1.82) is 0 Å². The molecule has 1 unspecified atom stereocenters. The fraction of sp³-hybridized carbons (Fsp3) is 0.292. The van der Waals surface area contributed by atoms with Crippen LogP contribution in [-0.4, -0.2) is 58.5 Å². The van der Waals surface area contributed by atoms with E-state index in [1.807, 2.05) is 59.5 Å². The summed E-state index contributed by atoms with van der Waals surface area (Å²) in [5.74, 6) is -0.136. The number of carboxylic acids is 1. The third-order valence-corrected chi connectivity index (χ3v) is 5.55. The van der Waals surface area contributed by atoms with Crippen molar-refractivity contribution in [2.75, 3.05) is 41.3 Å². The summed E-state index contributed by atoms with van der Waals surface area (Å²) in [7, 11) is 0. The first-order valence-electron chi connectivity index (χ1n) is 11.0. The molecule has 2 N–H and O–H groups in total. The highest BCUT2D eigenvalue weighted by Crippen LogP contribution is 2.20. The van der Waals surface area contributed by atoms with Crippen LogP contribution in [0.5, 0.6) is 0 Å². The van der Waals surface area contributed by atoms with Crippen LogP contribution in [0.15, 0.2) is 60.8 Å². The molecule has 0 radical (unpaired) electrons. The number of carbonyl (C=O) groups excluding carboxylic acids is 1. The van der Waals surface area contributed by atoms with Crippen molar-refractivity contribution in [1.82, 2.24) is 15.2 Å². The number of hydrogen-bond acceptors (Lipinski definition) is 8. The number of anilines is 3. The van der Waals surface area contributed by atoms with Crippen LogP contribution in [0.3, 0.4) is 0 Å². The quantitative estimate of drug-likeness (QED) is 0.545. The monoisotopic (exact) mass is 462 g/mol. The fourth-order valence-electron chi connectivity index (χ4n) is 3.74. The molecule has 0 spiro atoms. The van der Waals surface area contributed by atoms with Gasteiger partial charge in [-0.15, -0.1) is 5.10 Å². The summed E-state index contributed by atoms with van der Waals surface area (Å²) < 4.78 is 5.43. The van der Waals surface area contributed by atoms with Crippen LogP contribution >= 0.6 is 0 Å². The molecule has 3 aromatic rings. The van der Waals surface area contributed by atoms with E-state index in [1.165, 1.54) is 6.20 Å². The molecule has 1 fully saturated rings. The van der Waals surface area contributed by atoms with Gasteiger partial charge in [0.1, 0.15) is 6.10 Å². The molecule has 4 rings (SSSR count). The lowest BCUT2D eigenvalue weighted by Gasteiger charge is -2.36. The number of aromatic nitrogens is 3. The normalized spacial score (nSPS) is 14.4. The van der Waals surface area contributed by atoms with Gasteiger partial charge < -0.3 is 19.6 Å². The first kappa shape index (κ1) is 23.0. The van der Waals surface area contributed by atoms with Crippen LogP contribution in [-0.2, 0) is 16.0 Å². The Bertz CT molecular complexity index is 1120. The van der Waals surface area contributed by atoms with E-state index < -0.39 is 18.2 Å². The second-order valence-corrected chi connectivity index (χ2v) is 7.94. The summed E-state index contributed by atoms with van der Waals surface area (Å²) in [5.41, 5.74) is 2.71. The molecule has 1 saturated heterocycles. The molecule has 1 aliphatic rings.